The Bertz CT molecular complexity index is 203. The van der Waals surface area contributed by atoms with Crippen LogP contribution < -0.4 is 0 Å². The number of hydrogen-bond acceptors (Lipinski definition) is 1. The molecule has 0 radical (unpaired) electrons. The maximum absolute atomic E-state index is 12.1. The van der Waals surface area contributed by atoms with Crippen molar-refractivity contribution >= 4 is 5.97 Å². The molecule has 0 bridgehead atoms. The normalized spacial score (nSPS) is 33.9. The van der Waals surface area contributed by atoms with Crippen LogP contribution in [0.25, 0.3) is 0 Å². The van der Waals surface area contributed by atoms with Crippen LogP contribution in [0, 0.1) is 5.41 Å². The highest BCUT2D eigenvalue weighted by molar-refractivity contribution is 5.81. The van der Waals surface area contributed by atoms with Gasteiger partial charge in [-0.15, -0.1) is 0 Å². The molecule has 0 aromatic heterocycles. The molecule has 1 fully saturated rings. The van der Waals surface area contributed by atoms with Gasteiger partial charge in [-0.05, 0) is 0 Å². The van der Waals surface area contributed by atoms with Crippen molar-refractivity contribution in [2.24, 2.45) is 5.41 Å². The fourth-order valence-corrected chi connectivity index (χ4v) is 0.868. The van der Waals surface area contributed by atoms with E-state index < -0.39 is 30.2 Å². The predicted molar refractivity (Wildman–Crippen MR) is 25.6 cm³/mol. The Morgan fingerprint density at radius 2 is 1.82 bits per heavy atom. The van der Waals surface area contributed by atoms with E-state index in [1.165, 1.54) is 0 Å². The summed E-state index contributed by atoms with van der Waals surface area (Å²) in [5.41, 5.74) is -3.10. The van der Waals surface area contributed by atoms with Gasteiger partial charge in [0.25, 0.3) is 12.3 Å². The van der Waals surface area contributed by atoms with Crippen LogP contribution >= 0.6 is 0 Å². The second kappa shape index (κ2) is 1.86. The second-order valence-electron chi connectivity index (χ2n) is 2.46. The third kappa shape index (κ3) is 0.812. The Balaban J connectivity index is 2.88. The molecule has 0 aromatic carbocycles. The largest absolute Gasteiger partial charge is 0.480 e. The van der Waals surface area contributed by atoms with E-state index in [1.54, 1.807) is 0 Å². The summed E-state index contributed by atoms with van der Waals surface area (Å²) < 4.78 is 47.7. The molecule has 0 aliphatic heterocycles. The second-order valence-corrected chi connectivity index (χ2v) is 2.46. The van der Waals surface area contributed by atoms with Crippen LogP contribution in [0.15, 0.2) is 0 Å². The standard InChI is InChI=1S/C5H4F4O2/c6-2(7)4(3(10)11)1-5(4,8)9/h2H,1H2,(H,10,11). The molecule has 0 saturated heterocycles. The SMILES string of the molecule is O=C(O)C1(C(F)F)CC1(F)F. The van der Waals surface area contributed by atoms with Gasteiger partial charge in [0.2, 0.25) is 0 Å². The van der Waals surface area contributed by atoms with Crippen LogP contribution in [-0.4, -0.2) is 23.4 Å². The minimum Gasteiger partial charge on any atom is -0.480 e. The lowest BCUT2D eigenvalue weighted by molar-refractivity contribution is -0.156. The monoisotopic (exact) mass is 172 g/mol. The highest BCUT2D eigenvalue weighted by Crippen LogP contribution is 2.63. The third-order valence-electron chi connectivity index (χ3n) is 1.78. The first-order valence-electron chi connectivity index (χ1n) is 2.74. The Kier molecular flexibility index (Phi) is 1.40. The highest BCUT2D eigenvalue weighted by atomic mass is 19.3. The van der Waals surface area contributed by atoms with Crippen LogP contribution in [0.2, 0.25) is 0 Å². The van der Waals surface area contributed by atoms with Crippen LogP contribution in [0.4, 0.5) is 17.6 Å². The summed E-state index contributed by atoms with van der Waals surface area (Å²) in [6.45, 7) is 0. The van der Waals surface area contributed by atoms with E-state index in [0.29, 0.717) is 0 Å². The molecule has 1 rings (SSSR count). The van der Waals surface area contributed by atoms with E-state index in [2.05, 4.69) is 0 Å². The summed E-state index contributed by atoms with van der Waals surface area (Å²) in [4.78, 5) is 9.98. The van der Waals surface area contributed by atoms with Gasteiger partial charge in [0, 0.05) is 6.42 Å². The van der Waals surface area contributed by atoms with Crippen LogP contribution in [0.3, 0.4) is 0 Å². The molecule has 2 nitrogen and oxygen atoms in total. The summed E-state index contributed by atoms with van der Waals surface area (Å²) >= 11 is 0. The molecule has 1 unspecified atom stereocenters. The molecule has 0 spiro atoms. The zero-order valence-corrected chi connectivity index (χ0v) is 5.15. The highest BCUT2D eigenvalue weighted by Gasteiger charge is 2.81. The molecule has 1 aliphatic carbocycles. The summed E-state index contributed by atoms with van der Waals surface area (Å²) in [6.07, 6.45) is -4.76. The van der Waals surface area contributed by atoms with Gasteiger partial charge >= 0.3 is 5.97 Å². The summed E-state index contributed by atoms with van der Waals surface area (Å²) in [6, 6.07) is 0. The molecule has 64 valence electrons. The third-order valence-corrected chi connectivity index (χ3v) is 1.78. The van der Waals surface area contributed by atoms with Gasteiger partial charge < -0.3 is 5.11 Å². The summed E-state index contributed by atoms with van der Waals surface area (Å²) in [5.74, 6) is -5.87. The molecule has 1 saturated carbocycles. The van der Waals surface area contributed by atoms with Crippen molar-refractivity contribution in [1.82, 2.24) is 0 Å². The number of carbonyl (C=O) groups is 1. The minimum atomic E-state index is -3.74. The molecule has 6 heteroatoms. The number of hydrogen-bond donors (Lipinski definition) is 1. The van der Waals surface area contributed by atoms with E-state index in [4.69, 9.17) is 5.11 Å². The van der Waals surface area contributed by atoms with E-state index in [1.807, 2.05) is 0 Å². The molecular weight excluding hydrogens is 168 g/mol. The molecular formula is C5H4F4O2. The van der Waals surface area contributed by atoms with Gasteiger partial charge in [0.1, 0.15) is 0 Å². The van der Waals surface area contributed by atoms with E-state index in [-0.39, 0.29) is 0 Å². The number of rotatable bonds is 2. The first-order valence-corrected chi connectivity index (χ1v) is 2.74. The van der Waals surface area contributed by atoms with Crippen LogP contribution in [0.1, 0.15) is 6.42 Å². The molecule has 1 atom stereocenters. The summed E-state index contributed by atoms with van der Waals surface area (Å²) in [7, 11) is 0. The van der Waals surface area contributed by atoms with Gasteiger partial charge in [-0.1, -0.05) is 0 Å². The molecule has 1 N–H and O–H groups in total. The van der Waals surface area contributed by atoms with Gasteiger partial charge in [-0.3, -0.25) is 4.79 Å². The smallest absolute Gasteiger partial charge is 0.321 e. The topological polar surface area (TPSA) is 37.3 Å². The number of aliphatic carboxylic acids is 1. The minimum absolute atomic E-state index is 1.26. The molecule has 11 heavy (non-hydrogen) atoms. The molecule has 0 aromatic rings. The van der Waals surface area contributed by atoms with Crippen LogP contribution in [-0.2, 0) is 4.79 Å². The molecule has 1 aliphatic rings. The van der Waals surface area contributed by atoms with Crippen molar-refractivity contribution in [2.45, 2.75) is 18.8 Å². The average Bonchev–Trinajstić information content (AvgIpc) is 2.35. The van der Waals surface area contributed by atoms with Gasteiger partial charge in [0.05, 0.1) is 0 Å². The molecule has 0 heterocycles. The predicted octanol–water partition coefficient (Wildman–Crippen LogP) is 1.36. The number of carboxylic acid groups (broad SMARTS) is 1. The van der Waals surface area contributed by atoms with E-state index in [0.717, 1.165) is 0 Å². The van der Waals surface area contributed by atoms with Gasteiger partial charge in [-0.2, -0.15) is 0 Å². The average molecular weight is 172 g/mol. The first kappa shape index (κ1) is 8.29. The lowest BCUT2D eigenvalue weighted by Gasteiger charge is -2.08. The number of halogens is 4. The van der Waals surface area contributed by atoms with Crippen molar-refractivity contribution in [2.75, 3.05) is 0 Å². The van der Waals surface area contributed by atoms with Crippen molar-refractivity contribution in [3.63, 3.8) is 0 Å². The van der Waals surface area contributed by atoms with Gasteiger partial charge in [-0.25, -0.2) is 17.6 Å². The zero-order valence-electron chi connectivity index (χ0n) is 5.15. The van der Waals surface area contributed by atoms with Crippen molar-refractivity contribution in [3.05, 3.63) is 0 Å². The Morgan fingerprint density at radius 3 is 1.82 bits per heavy atom. The fourth-order valence-electron chi connectivity index (χ4n) is 0.868. The lowest BCUT2D eigenvalue weighted by atomic mass is 10.1. The van der Waals surface area contributed by atoms with Crippen molar-refractivity contribution in [1.29, 1.82) is 0 Å². The number of carboxylic acids is 1. The lowest BCUT2D eigenvalue weighted by Crippen LogP contribution is -2.29. The van der Waals surface area contributed by atoms with Gasteiger partial charge in [0.15, 0.2) is 5.41 Å². The van der Waals surface area contributed by atoms with E-state index in [9.17, 15) is 22.4 Å². The zero-order chi connectivity index (χ0) is 8.86. The van der Waals surface area contributed by atoms with Crippen molar-refractivity contribution in [3.8, 4) is 0 Å². The quantitative estimate of drug-likeness (QED) is 0.638. The Labute approximate surface area is 58.8 Å². The Hall–Kier alpha value is -0.810. The fraction of sp³-hybridized carbons (Fsp3) is 0.800. The molecule has 0 amide bonds. The maximum atomic E-state index is 12.1. The summed E-state index contributed by atoms with van der Waals surface area (Å²) in [5, 5.41) is 8.05. The van der Waals surface area contributed by atoms with Crippen molar-refractivity contribution < 1.29 is 27.5 Å². The first-order chi connectivity index (χ1) is 4.84. The Morgan fingerprint density at radius 1 is 1.45 bits per heavy atom. The van der Waals surface area contributed by atoms with E-state index >= 15 is 0 Å². The number of alkyl halides is 4. The maximum Gasteiger partial charge on any atom is 0.321 e. The van der Waals surface area contributed by atoms with Crippen LogP contribution in [0.5, 0.6) is 0 Å².